The molecule has 0 aliphatic carbocycles. The molecule has 1 atom stereocenters. The van der Waals surface area contributed by atoms with E-state index in [4.69, 9.17) is 9.31 Å². The summed E-state index contributed by atoms with van der Waals surface area (Å²) in [5.41, 5.74) is -1.65. The number of hydrogen-bond donors (Lipinski definition) is 0. The monoisotopic (exact) mass is 300 g/mol. The van der Waals surface area contributed by atoms with E-state index in [1.807, 2.05) is 27.7 Å². The summed E-state index contributed by atoms with van der Waals surface area (Å²) in [6.45, 7) is 9.06. The predicted molar refractivity (Wildman–Crippen MR) is 76.0 cm³/mol. The molecule has 2 nitrogen and oxygen atoms in total. The highest BCUT2D eigenvalue weighted by molar-refractivity contribution is 6.62. The fourth-order valence-corrected chi connectivity index (χ4v) is 2.59. The van der Waals surface area contributed by atoms with Gasteiger partial charge in [-0.1, -0.05) is 13.8 Å². The van der Waals surface area contributed by atoms with Crippen LogP contribution in [0.2, 0.25) is 0 Å². The molecule has 1 aromatic carbocycles. The smallest absolute Gasteiger partial charge is 0.399 e. The van der Waals surface area contributed by atoms with Crippen molar-refractivity contribution >= 4 is 12.6 Å². The lowest BCUT2D eigenvalue weighted by Crippen LogP contribution is -2.44. The van der Waals surface area contributed by atoms with Gasteiger partial charge in [0.05, 0.1) is 11.2 Å². The van der Waals surface area contributed by atoms with Crippen LogP contribution in [0.15, 0.2) is 6.07 Å². The van der Waals surface area contributed by atoms with Crippen LogP contribution in [0.1, 0.15) is 46.6 Å². The second kappa shape index (κ2) is 5.32. The van der Waals surface area contributed by atoms with Crippen molar-refractivity contribution < 1.29 is 22.5 Å². The first kappa shape index (κ1) is 16.4. The number of halogens is 3. The van der Waals surface area contributed by atoms with Crippen molar-refractivity contribution in [3.05, 3.63) is 29.1 Å². The molecule has 0 saturated carbocycles. The molecule has 1 unspecified atom stereocenters. The molecule has 21 heavy (non-hydrogen) atoms. The molecule has 1 aliphatic heterocycles. The summed E-state index contributed by atoms with van der Waals surface area (Å²) >= 11 is 0. The molecule has 1 aromatic rings. The average Bonchev–Trinajstić information content (AvgIpc) is 2.66. The number of rotatable bonds is 3. The maximum atomic E-state index is 14.4. The van der Waals surface area contributed by atoms with Crippen LogP contribution in [0.25, 0.3) is 0 Å². The molecule has 116 valence electrons. The van der Waals surface area contributed by atoms with E-state index in [9.17, 15) is 13.2 Å². The molecule has 0 amide bonds. The molecule has 0 aromatic heterocycles. The quantitative estimate of drug-likeness (QED) is 0.629. The van der Waals surface area contributed by atoms with Gasteiger partial charge in [-0.25, -0.2) is 13.2 Å². The fourth-order valence-electron chi connectivity index (χ4n) is 2.59. The molecule has 0 radical (unpaired) electrons. The average molecular weight is 300 g/mol. The molecule has 1 heterocycles. The molecular formula is C15H20BF3O2. The summed E-state index contributed by atoms with van der Waals surface area (Å²) in [5, 5.41) is 0. The Morgan fingerprint density at radius 1 is 1.05 bits per heavy atom. The zero-order valence-electron chi connectivity index (χ0n) is 13.0. The molecule has 2 rings (SSSR count). The van der Waals surface area contributed by atoms with E-state index in [1.165, 1.54) is 0 Å². The van der Waals surface area contributed by atoms with Crippen molar-refractivity contribution in [1.82, 2.24) is 0 Å². The van der Waals surface area contributed by atoms with Gasteiger partial charge < -0.3 is 9.31 Å². The molecule has 6 heteroatoms. The molecular weight excluding hydrogens is 280 g/mol. The van der Waals surface area contributed by atoms with E-state index in [2.05, 4.69) is 0 Å². The van der Waals surface area contributed by atoms with Crippen molar-refractivity contribution in [3.63, 3.8) is 0 Å². The van der Waals surface area contributed by atoms with E-state index in [0.29, 0.717) is 6.42 Å². The van der Waals surface area contributed by atoms with Gasteiger partial charge in [-0.05, 0) is 39.7 Å². The second-order valence-electron chi connectivity index (χ2n) is 6.07. The highest BCUT2D eigenvalue weighted by atomic mass is 19.2. The van der Waals surface area contributed by atoms with Gasteiger partial charge in [-0.15, -0.1) is 0 Å². The van der Waals surface area contributed by atoms with Crippen LogP contribution >= 0.6 is 0 Å². The lowest BCUT2D eigenvalue weighted by molar-refractivity contribution is -0.0118. The van der Waals surface area contributed by atoms with Gasteiger partial charge in [0.1, 0.15) is 5.82 Å². The zero-order valence-corrected chi connectivity index (χ0v) is 13.0. The molecule has 1 aliphatic rings. The van der Waals surface area contributed by atoms with Crippen LogP contribution in [-0.4, -0.2) is 18.3 Å². The van der Waals surface area contributed by atoms with Crippen LogP contribution in [-0.2, 0) is 15.7 Å². The summed E-state index contributed by atoms with van der Waals surface area (Å²) in [7, 11) is -1.04. The van der Waals surface area contributed by atoms with E-state index in [-0.39, 0.29) is 17.4 Å². The van der Waals surface area contributed by atoms with Crippen LogP contribution in [0, 0.1) is 17.5 Å². The van der Waals surface area contributed by atoms with E-state index in [0.717, 1.165) is 6.07 Å². The Kier molecular flexibility index (Phi) is 4.15. The van der Waals surface area contributed by atoms with E-state index < -0.39 is 35.8 Å². The topological polar surface area (TPSA) is 18.5 Å². The van der Waals surface area contributed by atoms with Gasteiger partial charge in [0, 0.05) is 11.0 Å². The normalized spacial score (nSPS) is 24.7. The number of hydrogen-bond acceptors (Lipinski definition) is 2. The maximum Gasteiger partial charge on any atom is 0.497 e. The van der Waals surface area contributed by atoms with Gasteiger partial charge in [-0.2, -0.15) is 0 Å². The van der Waals surface area contributed by atoms with Crippen molar-refractivity contribution in [2.75, 3.05) is 0 Å². The third-order valence-electron chi connectivity index (χ3n) is 4.60. The summed E-state index contributed by atoms with van der Waals surface area (Å²) in [5.74, 6) is -3.02. The Morgan fingerprint density at radius 2 is 1.67 bits per heavy atom. The number of benzene rings is 1. The van der Waals surface area contributed by atoms with Crippen LogP contribution < -0.4 is 5.46 Å². The zero-order chi connectivity index (χ0) is 16.0. The SMILES string of the molecule is CCc1c(F)c(F)cc(B2OC(C)(C)C(C)(CC)O2)c1F. The third-order valence-corrected chi connectivity index (χ3v) is 4.60. The third kappa shape index (κ3) is 2.48. The van der Waals surface area contributed by atoms with Crippen LogP contribution in [0.4, 0.5) is 13.2 Å². The molecule has 1 saturated heterocycles. The Hall–Kier alpha value is -1.01. The first-order valence-electron chi connectivity index (χ1n) is 7.18. The summed E-state index contributed by atoms with van der Waals surface area (Å²) in [4.78, 5) is 0. The lowest BCUT2D eigenvalue weighted by Gasteiger charge is -2.35. The fraction of sp³-hybridized carbons (Fsp3) is 0.600. The Morgan fingerprint density at radius 3 is 2.14 bits per heavy atom. The summed E-state index contributed by atoms with van der Waals surface area (Å²) < 4.78 is 53.3. The van der Waals surface area contributed by atoms with Crippen molar-refractivity contribution in [3.8, 4) is 0 Å². The van der Waals surface area contributed by atoms with E-state index in [1.54, 1.807) is 6.92 Å². The molecule has 0 bridgehead atoms. The second-order valence-corrected chi connectivity index (χ2v) is 6.07. The Balaban J connectivity index is 2.48. The minimum atomic E-state index is -1.14. The highest BCUT2D eigenvalue weighted by Crippen LogP contribution is 2.39. The first-order chi connectivity index (χ1) is 9.66. The highest BCUT2D eigenvalue weighted by Gasteiger charge is 2.54. The van der Waals surface area contributed by atoms with Gasteiger partial charge in [0.15, 0.2) is 11.6 Å². The molecule has 0 spiro atoms. The van der Waals surface area contributed by atoms with Gasteiger partial charge in [0.2, 0.25) is 0 Å². The van der Waals surface area contributed by atoms with Crippen molar-refractivity contribution in [2.45, 2.75) is 58.7 Å². The summed E-state index contributed by atoms with van der Waals surface area (Å²) in [6.07, 6.45) is 0.714. The lowest BCUT2D eigenvalue weighted by atomic mass is 9.77. The predicted octanol–water partition coefficient (Wildman–Crippen LogP) is 3.36. The van der Waals surface area contributed by atoms with Gasteiger partial charge in [-0.3, -0.25) is 0 Å². The van der Waals surface area contributed by atoms with Crippen molar-refractivity contribution in [1.29, 1.82) is 0 Å². The first-order valence-corrected chi connectivity index (χ1v) is 7.18. The van der Waals surface area contributed by atoms with Crippen LogP contribution in [0.3, 0.4) is 0 Å². The molecule has 0 N–H and O–H groups in total. The molecule has 1 fully saturated rings. The summed E-state index contributed by atoms with van der Waals surface area (Å²) in [6, 6.07) is 0.825. The standard InChI is InChI=1S/C15H20BF3O2/c1-6-9-12(18)10(8-11(17)13(9)19)16-20-14(3,4)15(5,7-2)21-16/h8H,6-7H2,1-5H3. The largest absolute Gasteiger partial charge is 0.497 e. The Labute approximate surface area is 123 Å². The van der Waals surface area contributed by atoms with Crippen LogP contribution in [0.5, 0.6) is 0 Å². The Bertz CT molecular complexity index is 562. The van der Waals surface area contributed by atoms with Crippen molar-refractivity contribution in [2.24, 2.45) is 0 Å². The van der Waals surface area contributed by atoms with E-state index >= 15 is 0 Å². The minimum Gasteiger partial charge on any atom is -0.399 e. The van der Waals surface area contributed by atoms with Gasteiger partial charge in [0.25, 0.3) is 0 Å². The van der Waals surface area contributed by atoms with Gasteiger partial charge >= 0.3 is 7.12 Å². The maximum absolute atomic E-state index is 14.4. The minimum absolute atomic E-state index is 0.0591.